The predicted octanol–water partition coefficient (Wildman–Crippen LogP) is 3.03. The molecule has 85 valence electrons. The van der Waals surface area contributed by atoms with Crippen molar-refractivity contribution >= 4 is 0 Å². The molecule has 0 fully saturated rings. The van der Waals surface area contributed by atoms with E-state index in [1.54, 1.807) is 0 Å². The molecule has 0 heterocycles. The maximum Gasteiger partial charge on any atom is 0.162 e. The summed E-state index contributed by atoms with van der Waals surface area (Å²) in [4.78, 5) is 0. The normalized spacial score (nSPS) is 12.0. The minimum absolute atomic E-state index is 0.391. The van der Waals surface area contributed by atoms with E-state index in [1.165, 1.54) is 38.5 Å². The lowest BCUT2D eigenvalue weighted by Crippen LogP contribution is -2.22. The summed E-state index contributed by atoms with van der Waals surface area (Å²) in [7, 11) is 0. The molecule has 0 bridgehead atoms. The van der Waals surface area contributed by atoms with Gasteiger partial charge in [0.05, 0.1) is 0 Å². The molecule has 0 rings (SSSR count). The Morgan fingerprint density at radius 3 is 1.71 bits per heavy atom. The van der Waals surface area contributed by atoms with Crippen molar-refractivity contribution in [2.24, 2.45) is 0 Å². The number of unbranched alkanes of at least 4 members (excludes halogenated alkanes) is 7. The summed E-state index contributed by atoms with van der Waals surface area (Å²) in [5, 5.41) is 17.9. The zero-order valence-electron chi connectivity index (χ0n) is 9.47. The third-order valence-electron chi connectivity index (χ3n) is 2.43. The second-order valence-corrected chi connectivity index (χ2v) is 4.21. The molecule has 0 atom stereocenters. The smallest absolute Gasteiger partial charge is 0.162 e. The van der Waals surface area contributed by atoms with Gasteiger partial charge in [0.1, 0.15) is 0 Å². The molecule has 0 aliphatic carbocycles. The van der Waals surface area contributed by atoms with Crippen LogP contribution in [0.4, 0.5) is 0 Å². The molecule has 0 aromatic heterocycles. The molecule has 0 unspecified atom stereocenters. The van der Waals surface area contributed by atoms with E-state index in [0.717, 1.165) is 12.8 Å². The van der Waals surface area contributed by atoms with E-state index < -0.39 is 5.79 Å². The summed E-state index contributed by atoms with van der Waals surface area (Å²) in [6, 6.07) is 0. The molecule has 0 aromatic carbocycles. The van der Waals surface area contributed by atoms with Crippen LogP contribution < -0.4 is 0 Å². The van der Waals surface area contributed by atoms with Crippen LogP contribution in [0.15, 0.2) is 0 Å². The Morgan fingerprint density at radius 2 is 1.29 bits per heavy atom. The Hall–Kier alpha value is -0.0800. The molecule has 2 N–H and O–H groups in total. The Bertz CT molecular complexity index is 116. The van der Waals surface area contributed by atoms with E-state index in [2.05, 4.69) is 13.8 Å². The average molecular weight is 201 g/mol. The monoisotopic (exact) mass is 201 g/mol. The van der Waals surface area contributed by atoms with Crippen LogP contribution >= 0.6 is 0 Å². The SMILES string of the molecule is [CH2]C(O)(O)CCCCCCCCCC. The molecular weight excluding hydrogens is 176 g/mol. The Labute approximate surface area is 88.3 Å². The summed E-state index contributed by atoms with van der Waals surface area (Å²) in [5.41, 5.74) is 0. The van der Waals surface area contributed by atoms with Crippen LogP contribution in [-0.4, -0.2) is 16.0 Å². The van der Waals surface area contributed by atoms with Crippen molar-refractivity contribution in [3.8, 4) is 0 Å². The zero-order valence-corrected chi connectivity index (χ0v) is 9.47. The minimum atomic E-state index is -1.71. The maximum atomic E-state index is 8.93. The van der Waals surface area contributed by atoms with Crippen LogP contribution in [-0.2, 0) is 0 Å². The van der Waals surface area contributed by atoms with Gasteiger partial charge in [0.25, 0.3) is 0 Å². The van der Waals surface area contributed by atoms with Gasteiger partial charge in [-0.3, -0.25) is 0 Å². The zero-order chi connectivity index (χ0) is 10.9. The summed E-state index contributed by atoms with van der Waals surface area (Å²) < 4.78 is 0. The lowest BCUT2D eigenvalue weighted by molar-refractivity contribution is -0.126. The second-order valence-electron chi connectivity index (χ2n) is 4.21. The summed E-state index contributed by atoms with van der Waals surface area (Å²) in [6.45, 7) is 5.46. The van der Waals surface area contributed by atoms with Crippen molar-refractivity contribution in [1.29, 1.82) is 0 Å². The van der Waals surface area contributed by atoms with Crippen LogP contribution in [0.2, 0.25) is 0 Å². The largest absolute Gasteiger partial charge is 0.366 e. The quantitative estimate of drug-likeness (QED) is 0.444. The van der Waals surface area contributed by atoms with Gasteiger partial charge in [-0.2, -0.15) is 0 Å². The first-order valence-corrected chi connectivity index (χ1v) is 5.86. The standard InChI is InChI=1S/C12H25O2/c1-3-4-5-6-7-8-9-10-11-12(2,13)14/h13-14H,2-11H2,1H3. The van der Waals surface area contributed by atoms with Crippen molar-refractivity contribution in [2.45, 2.75) is 70.5 Å². The Kier molecular flexibility index (Phi) is 8.20. The van der Waals surface area contributed by atoms with Crippen molar-refractivity contribution < 1.29 is 10.2 Å². The highest BCUT2D eigenvalue weighted by molar-refractivity contribution is 4.65. The van der Waals surface area contributed by atoms with Crippen molar-refractivity contribution in [2.75, 3.05) is 0 Å². The van der Waals surface area contributed by atoms with Gasteiger partial charge < -0.3 is 10.2 Å². The van der Waals surface area contributed by atoms with Crippen LogP contribution in [0.3, 0.4) is 0 Å². The molecule has 0 spiro atoms. The molecule has 2 heteroatoms. The van der Waals surface area contributed by atoms with Gasteiger partial charge in [-0.25, -0.2) is 0 Å². The molecule has 0 aliphatic rings. The van der Waals surface area contributed by atoms with E-state index in [9.17, 15) is 0 Å². The number of hydrogen-bond acceptors (Lipinski definition) is 2. The van der Waals surface area contributed by atoms with E-state index in [4.69, 9.17) is 10.2 Å². The van der Waals surface area contributed by atoms with Crippen LogP contribution in [0.1, 0.15) is 64.7 Å². The first-order valence-electron chi connectivity index (χ1n) is 5.86. The molecule has 0 aromatic rings. The van der Waals surface area contributed by atoms with Gasteiger partial charge in [-0.05, 0) is 6.42 Å². The fraction of sp³-hybridized carbons (Fsp3) is 0.917. The highest BCUT2D eigenvalue weighted by atomic mass is 16.5. The molecular formula is C12H25O2. The van der Waals surface area contributed by atoms with E-state index in [0.29, 0.717) is 6.42 Å². The van der Waals surface area contributed by atoms with Crippen molar-refractivity contribution in [3.63, 3.8) is 0 Å². The highest BCUT2D eigenvalue weighted by Gasteiger charge is 2.13. The molecule has 14 heavy (non-hydrogen) atoms. The van der Waals surface area contributed by atoms with Gasteiger partial charge >= 0.3 is 0 Å². The topological polar surface area (TPSA) is 40.5 Å². The maximum absolute atomic E-state index is 8.93. The first-order chi connectivity index (χ1) is 6.56. The fourth-order valence-electron chi connectivity index (χ4n) is 1.54. The molecule has 0 amide bonds. The van der Waals surface area contributed by atoms with E-state index >= 15 is 0 Å². The number of rotatable bonds is 9. The second kappa shape index (κ2) is 8.25. The first kappa shape index (κ1) is 13.9. The molecule has 2 nitrogen and oxygen atoms in total. The third kappa shape index (κ3) is 11.9. The average Bonchev–Trinajstić information content (AvgIpc) is 2.08. The van der Waals surface area contributed by atoms with Gasteiger partial charge in [-0.1, -0.05) is 51.9 Å². The lowest BCUT2D eigenvalue weighted by atomic mass is 10.1. The van der Waals surface area contributed by atoms with Crippen LogP contribution in [0.5, 0.6) is 0 Å². The summed E-state index contributed by atoms with van der Waals surface area (Å²) >= 11 is 0. The van der Waals surface area contributed by atoms with E-state index in [1.807, 2.05) is 0 Å². The minimum Gasteiger partial charge on any atom is -0.366 e. The lowest BCUT2D eigenvalue weighted by Gasteiger charge is -2.14. The molecule has 1 radical (unpaired) electrons. The number of aliphatic hydroxyl groups is 2. The molecule has 0 aliphatic heterocycles. The number of hydrogen-bond donors (Lipinski definition) is 2. The van der Waals surface area contributed by atoms with Gasteiger partial charge in [0.15, 0.2) is 5.79 Å². The van der Waals surface area contributed by atoms with E-state index in [-0.39, 0.29) is 0 Å². The summed E-state index contributed by atoms with van der Waals surface area (Å²) in [6.07, 6.45) is 10.1. The fourth-order valence-corrected chi connectivity index (χ4v) is 1.54. The van der Waals surface area contributed by atoms with Gasteiger partial charge in [0, 0.05) is 13.3 Å². The van der Waals surface area contributed by atoms with Crippen molar-refractivity contribution in [1.82, 2.24) is 0 Å². The van der Waals surface area contributed by atoms with Crippen LogP contribution in [0, 0.1) is 6.92 Å². The van der Waals surface area contributed by atoms with Gasteiger partial charge in [0.2, 0.25) is 0 Å². The Balaban J connectivity index is 2.99. The van der Waals surface area contributed by atoms with Crippen LogP contribution in [0.25, 0.3) is 0 Å². The third-order valence-corrected chi connectivity index (χ3v) is 2.43. The highest BCUT2D eigenvalue weighted by Crippen LogP contribution is 2.13. The Morgan fingerprint density at radius 1 is 0.857 bits per heavy atom. The summed E-state index contributed by atoms with van der Waals surface area (Å²) in [5.74, 6) is -1.71. The van der Waals surface area contributed by atoms with Gasteiger partial charge in [-0.15, -0.1) is 0 Å². The van der Waals surface area contributed by atoms with Crippen molar-refractivity contribution in [3.05, 3.63) is 6.92 Å². The molecule has 0 saturated carbocycles. The molecule has 0 saturated heterocycles. The predicted molar refractivity (Wildman–Crippen MR) is 59.8 cm³/mol.